The zero-order valence-electron chi connectivity index (χ0n) is 33.2. The van der Waals surface area contributed by atoms with Crippen LogP contribution in [0.2, 0.25) is 0 Å². The molecule has 0 radical (unpaired) electrons. The standard InChI is InChI=1S/C54H43N5O/c1-55-54(60)40-25-22-35(23-26-40)24-27-41-34-48-51(38-18-10-4-11-19-38)46-31-30-44(57-46)49(36-14-6-2-7-15-36)42-28-29-43(56-42)50(37-16-8-3-9-17-37)45-32-33-47(58-45)52(53(41)59-48)39-20-12-5-13-21-39/h2-22,24-35,47,56,58-59H,23H2,1H3,(H,55,60)/b27-24+,49-44-,50-45-,51-48-,53-52-. The Hall–Kier alpha value is -7.70. The molecule has 8 bridgehead atoms. The maximum absolute atomic E-state index is 12.4. The molecule has 60 heavy (non-hydrogen) atoms. The summed E-state index contributed by atoms with van der Waals surface area (Å²) in [6, 6.07) is 48.8. The van der Waals surface area contributed by atoms with Crippen LogP contribution in [0, 0.1) is 5.92 Å². The third-order valence-corrected chi connectivity index (χ3v) is 11.5. The van der Waals surface area contributed by atoms with Gasteiger partial charge in [-0.1, -0.05) is 158 Å². The van der Waals surface area contributed by atoms with Gasteiger partial charge in [0.25, 0.3) is 5.91 Å². The summed E-state index contributed by atoms with van der Waals surface area (Å²) in [7, 11) is 1.67. The third-order valence-electron chi connectivity index (χ3n) is 11.5. The Labute approximate surface area is 349 Å². The van der Waals surface area contributed by atoms with Crippen LogP contribution in [-0.2, 0) is 4.79 Å². The van der Waals surface area contributed by atoms with Gasteiger partial charge in [-0.25, -0.2) is 4.99 Å². The Morgan fingerprint density at radius 2 is 1.28 bits per heavy atom. The lowest BCUT2D eigenvalue weighted by Gasteiger charge is -2.19. The van der Waals surface area contributed by atoms with E-state index in [-0.39, 0.29) is 17.9 Å². The van der Waals surface area contributed by atoms with Crippen molar-refractivity contribution in [3.63, 3.8) is 0 Å². The Kier molecular flexibility index (Phi) is 9.72. The quantitative estimate of drug-likeness (QED) is 0.131. The molecule has 0 spiro atoms. The first-order valence-electron chi connectivity index (χ1n) is 20.5. The van der Waals surface area contributed by atoms with Crippen LogP contribution in [0.4, 0.5) is 0 Å². The van der Waals surface area contributed by atoms with Crippen LogP contribution in [0.1, 0.15) is 45.6 Å². The highest BCUT2D eigenvalue weighted by Crippen LogP contribution is 2.36. The van der Waals surface area contributed by atoms with E-state index >= 15 is 0 Å². The Bertz CT molecular complexity index is 3010. The van der Waals surface area contributed by atoms with Gasteiger partial charge in [-0.3, -0.25) is 4.79 Å². The third kappa shape index (κ3) is 6.98. The van der Waals surface area contributed by atoms with Crippen molar-refractivity contribution in [1.82, 2.24) is 20.6 Å². The monoisotopic (exact) mass is 777 g/mol. The van der Waals surface area contributed by atoms with E-state index in [4.69, 9.17) is 4.99 Å². The number of allylic oxidation sites excluding steroid dienone is 6. The van der Waals surface area contributed by atoms with Crippen molar-refractivity contribution >= 4 is 40.0 Å². The Morgan fingerprint density at radius 1 is 0.667 bits per heavy atom. The van der Waals surface area contributed by atoms with Gasteiger partial charge in [0.15, 0.2) is 0 Å². The van der Waals surface area contributed by atoms with Crippen LogP contribution in [0.15, 0.2) is 210 Å². The number of likely N-dealkylation sites (N-methyl/N-ethyl adjacent to an activating group) is 1. The van der Waals surface area contributed by atoms with Crippen molar-refractivity contribution in [2.24, 2.45) is 10.9 Å². The lowest BCUT2D eigenvalue weighted by atomic mass is 9.94. The van der Waals surface area contributed by atoms with Crippen LogP contribution in [0.25, 0.3) is 28.4 Å². The minimum atomic E-state index is -0.162. The van der Waals surface area contributed by atoms with Crippen molar-refractivity contribution < 1.29 is 4.79 Å². The summed E-state index contributed by atoms with van der Waals surface area (Å²) in [6.07, 6.45) is 20.1. The number of aliphatic imine (C=N–C) groups is 1. The molecule has 6 aromatic rings. The van der Waals surface area contributed by atoms with E-state index < -0.39 is 0 Å². The van der Waals surface area contributed by atoms with E-state index in [1.807, 2.05) is 12.2 Å². The second kappa shape index (κ2) is 15.9. The average molecular weight is 778 g/mol. The molecule has 0 fully saturated rings. The number of fused-ring (bicyclic) bond motifs is 7. The normalized spacial score (nSPS) is 22.5. The Balaban J connectivity index is 1.28. The number of amides is 1. The van der Waals surface area contributed by atoms with Gasteiger partial charge in [0.05, 0.1) is 22.8 Å². The minimum absolute atomic E-state index is 0.0666. The molecular formula is C54H43N5O. The highest BCUT2D eigenvalue weighted by molar-refractivity contribution is 6.30. The maximum Gasteiger partial charge on any atom is 0.250 e. The molecule has 6 nitrogen and oxygen atoms in total. The molecule has 10 rings (SSSR count). The zero-order valence-corrected chi connectivity index (χ0v) is 33.2. The predicted octanol–water partition coefficient (Wildman–Crippen LogP) is 8.77. The van der Waals surface area contributed by atoms with E-state index in [0.717, 1.165) is 95.7 Å². The van der Waals surface area contributed by atoms with E-state index in [9.17, 15) is 4.79 Å². The van der Waals surface area contributed by atoms with E-state index in [1.54, 1.807) is 7.05 Å². The van der Waals surface area contributed by atoms with Gasteiger partial charge in [-0.2, -0.15) is 0 Å². The fourth-order valence-electron chi connectivity index (χ4n) is 8.64. The van der Waals surface area contributed by atoms with Crippen molar-refractivity contribution in [3.8, 4) is 0 Å². The first-order valence-corrected chi connectivity index (χ1v) is 20.5. The number of H-pyrrole nitrogens is 2. The summed E-state index contributed by atoms with van der Waals surface area (Å²) in [6.45, 7) is 0. The zero-order chi connectivity index (χ0) is 40.4. The molecule has 4 aliphatic rings. The van der Waals surface area contributed by atoms with E-state index in [1.165, 1.54) is 0 Å². The number of carbonyl (C=O) groups is 1. The van der Waals surface area contributed by atoms with Gasteiger partial charge >= 0.3 is 0 Å². The lowest BCUT2D eigenvalue weighted by molar-refractivity contribution is -0.116. The summed E-state index contributed by atoms with van der Waals surface area (Å²) in [5.74, 6) is 0.0659. The summed E-state index contributed by atoms with van der Waals surface area (Å²) in [5, 5.41) is 8.72. The number of rotatable bonds is 7. The summed E-state index contributed by atoms with van der Waals surface area (Å²) in [4.78, 5) is 25.7. The second-order valence-electron chi connectivity index (χ2n) is 15.3. The molecule has 4 N–H and O–H groups in total. The molecule has 1 amide bonds. The molecule has 1 aliphatic carbocycles. The molecule has 3 aliphatic heterocycles. The van der Waals surface area contributed by atoms with Gasteiger partial charge < -0.3 is 20.6 Å². The predicted molar refractivity (Wildman–Crippen MR) is 245 cm³/mol. The molecule has 4 aromatic carbocycles. The van der Waals surface area contributed by atoms with Crippen molar-refractivity contribution in [1.29, 1.82) is 0 Å². The molecule has 0 saturated carbocycles. The molecule has 290 valence electrons. The number of aromatic amines is 2. The molecular weight excluding hydrogens is 735 g/mol. The number of nitrogens with zero attached hydrogens (tertiary/aromatic N) is 1. The topological polar surface area (TPSA) is 85.1 Å². The van der Waals surface area contributed by atoms with Crippen molar-refractivity contribution in [3.05, 3.63) is 255 Å². The number of benzene rings is 4. The van der Waals surface area contributed by atoms with Gasteiger partial charge in [0.1, 0.15) is 0 Å². The Morgan fingerprint density at radius 3 is 1.92 bits per heavy atom. The molecule has 2 unspecified atom stereocenters. The molecule has 6 heteroatoms. The number of nitrogens with one attached hydrogen (secondary N) is 4. The number of hydrogen-bond acceptors (Lipinski definition) is 3. The largest absolute Gasteiger partial charge is 0.374 e. The number of carbonyl (C=O) groups excluding carboxylic acids is 1. The van der Waals surface area contributed by atoms with E-state index in [2.05, 4.69) is 203 Å². The minimum Gasteiger partial charge on any atom is -0.374 e. The van der Waals surface area contributed by atoms with Gasteiger partial charge in [-0.05, 0) is 71.0 Å². The van der Waals surface area contributed by atoms with Gasteiger partial charge in [-0.15, -0.1) is 0 Å². The van der Waals surface area contributed by atoms with E-state index in [0.29, 0.717) is 5.57 Å². The van der Waals surface area contributed by atoms with Crippen LogP contribution >= 0.6 is 0 Å². The summed E-state index contributed by atoms with van der Waals surface area (Å²) >= 11 is 0. The maximum atomic E-state index is 12.4. The first-order chi connectivity index (χ1) is 29.6. The smallest absolute Gasteiger partial charge is 0.250 e. The van der Waals surface area contributed by atoms with Crippen molar-refractivity contribution in [2.75, 3.05) is 7.05 Å². The number of hydrogen-bond donors (Lipinski definition) is 4. The molecule has 0 saturated heterocycles. The highest BCUT2D eigenvalue weighted by Gasteiger charge is 2.26. The van der Waals surface area contributed by atoms with Crippen LogP contribution in [-0.4, -0.2) is 34.7 Å². The molecule has 2 atom stereocenters. The van der Waals surface area contributed by atoms with Crippen LogP contribution in [0.3, 0.4) is 0 Å². The highest BCUT2D eigenvalue weighted by atomic mass is 16.1. The fraction of sp³-hybridized carbons (Fsp3) is 0.0741. The van der Waals surface area contributed by atoms with Crippen LogP contribution in [0.5, 0.6) is 0 Å². The van der Waals surface area contributed by atoms with Gasteiger partial charge in [0.2, 0.25) is 0 Å². The number of aromatic nitrogens is 2. The van der Waals surface area contributed by atoms with Gasteiger partial charge in [0, 0.05) is 62.9 Å². The SMILES string of the molecule is CNC(=O)C1=CCC(/C=C/c2c/c3[nH]/c2=C(/c2ccccc2)C2C=C/C(=C(\c4ccccc4)c4ccc([nH]4)/C(c4ccccc4)=C4/C=CC(=N4)\C=3c3ccccc3)N2)C=C1. The second-order valence-corrected chi connectivity index (χ2v) is 15.3. The first kappa shape index (κ1) is 36.6. The average Bonchev–Trinajstić information content (AvgIpc) is 4.15. The summed E-state index contributed by atoms with van der Waals surface area (Å²) in [5.41, 5.74) is 15.2. The lowest BCUT2D eigenvalue weighted by Crippen LogP contribution is -2.30. The fourth-order valence-corrected chi connectivity index (χ4v) is 8.64. The van der Waals surface area contributed by atoms with Crippen molar-refractivity contribution in [2.45, 2.75) is 12.5 Å². The van der Waals surface area contributed by atoms with Crippen LogP contribution < -0.4 is 21.3 Å². The summed E-state index contributed by atoms with van der Waals surface area (Å²) < 4.78 is 0. The molecule has 5 heterocycles. The molecule has 2 aromatic heterocycles.